The van der Waals surface area contributed by atoms with Crippen LogP contribution in [0.15, 0.2) is 94.9 Å². The van der Waals surface area contributed by atoms with Crippen molar-refractivity contribution in [2.75, 3.05) is 10.8 Å². The third-order valence-electron chi connectivity index (χ3n) is 5.86. The Kier molecular flexibility index (Phi) is 7.54. The minimum Gasteiger partial charge on any atom is -0.318 e. The lowest BCUT2D eigenvalue weighted by Crippen LogP contribution is -2.39. The molecular formula is C28H27FN4O3S. The molecule has 0 saturated carbocycles. The molecule has 0 radical (unpaired) electrons. The highest BCUT2D eigenvalue weighted by Gasteiger charge is 2.27. The highest BCUT2D eigenvalue weighted by atomic mass is 32.2. The third kappa shape index (κ3) is 5.78. The summed E-state index contributed by atoms with van der Waals surface area (Å²) in [5.74, 6) is -0.908. The number of carbonyl (C=O) groups excluding carboxylic acids is 1. The predicted molar refractivity (Wildman–Crippen MR) is 143 cm³/mol. The fraction of sp³-hybridized carbons (Fsp3) is 0.143. The van der Waals surface area contributed by atoms with Crippen molar-refractivity contribution >= 4 is 27.8 Å². The van der Waals surface area contributed by atoms with E-state index in [0.29, 0.717) is 5.69 Å². The number of nitrogens with zero attached hydrogens (tertiary/aromatic N) is 3. The van der Waals surface area contributed by atoms with Crippen molar-refractivity contribution in [3.8, 4) is 5.69 Å². The second-order valence-electron chi connectivity index (χ2n) is 8.60. The van der Waals surface area contributed by atoms with E-state index >= 15 is 0 Å². The fourth-order valence-corrected chi connectivity index (χ4v) is 5.50. The molecule has 0 saturated heterocycles. The van der Waals surface area contributed by atoms with Crippen molar-refractivity contribution in [1.82, 2.24) is 9.99 Å². The largest absolute Gasteiger partial charge is 0.318 e. The second kappa shape index (κ2) is 10.8. The first-order valence-electron chi connectivity index (χ1n) is 11.6. The number of hydrazone groups is 1. The summed E-state index contributed by atoms with van der Waals surface area (Å²) in [7, 11) is -4.00. The molecular weight excluding hydrogens is 491 g/mol. The number of aryl methyl sites for hydroxylation is 2. The molecule has 1 N–H and O–H groups in total. The number of nitrogens with one attached hydrogen (secondary N) is 1. The predicted octanol–water partition coefficient (Wildman–Crippen LogP) is 4.89. The van der Waals surface area contributed by atoms with Crippen LogP contribution in [0.25, 0.3) is 5.69 Å². The summed E-state index contributed by atoms with van der Waals surface area (Å²) in [6.07, 6.45) is 1.50. The van der Waals surface area contributed by atoms with E-state index in [9.17, 15) is 17.6 Å². The van der Waals surface area contributed by atoms with Gasteiger partial charge in [-0.15, -0.1) is 0 Å². The van der Waals surface area contributed by atoms with Crippen LogP contribution in [0.3, 0.4) is 0 Å². The van der Waals surface area contributed by atoms with Crippen molar-refractivity contribution in [1.29, 1.82) is 0 Å². The average molecular weight is 519 g/mol. The Balaban J connectivity index is 1.54. The van der Waals surface area contributed by atoms with Gasteiger partial charge in [0.25, 0.3) is 15.9 Å². The molecule has 0 bridgehead atoms. The molecule has 0 aliphatic rings. The smallest absolute Gasteiger partial charge is 0.264 e. The van der Waals surface area contributed by atoms with Gasteiger partial charge in [-0.2, -0.15) is 5.10 Å². The lowest BCUT2D eigenvalue weighted by Gasteiger charge is -2.24. The maximum atomic E-state index is 13.4. The molecule has 1 amide bonds. The number of benzene rings is 3. The number of hydrogen-bond acceptors (Lipinski definition) is 4. The summed E-state index contributed by atoms with van der Waals surface area (Å²) in [4.78, 5) is 12.9. The second-order valence-corrected chi connectivity index (χ2v) is 10.5. The van der Waals surface area contributed by atoms with E-state index in [1.807, 2.05) is 37.5 Å². The zero-order valence-corrected chi connectivity index (χ0v) is 21.5. The Morgan fingerprint density at radius 1 is 0.973 bits per heavy atom. The van der Waals surface area contributed by atoms with E-state index in [2.05, 4.69) is 10.5 Å². The quantitative estimate of drug-likeness (QED) is 0.266. The zero-order chi connectivity index (χ0) is 26.6. The van der Waals surface area contributed by atoms with Crippen molar-refractivity contribution in [2.45, 2.75) is 25.7 Å². The molecule has 3 aromatic carbocycles. The number of sulfonamides is 1. The van der Waals surface area contributed by atoms with Gasteiger partial charge in [0, 0.05) is 22.6 Å². The van der Waals surface area contributed by atoms with Crippen LogP contribution in [0, 0.1) is 26.6 Å². The van der Waals surface area contributed by atoms with E-state index < -0.39 is 22.5 Å². The minimum atomic E-state index is -4.00. The van der Waals surface area contributed by atoms with Crippen molar-refractivity contribution in [3.05, 3.63) is 113 Å². The summed E-state index contributed by atoms with van der Waals surface area (Å²) in [5.41, 5.74) is 7.01. The first-order chi connectivity index (χ1) is 17.7. The van der Waals surface area contributed by atoms with Gasteiger partial charge in [-0.25, -0.2) is 18.2 Å². The van der Waals surface area contributed by atoms with Crippen LogP contribution < -0.4 is 9.73 Å². The molecule has 9 heteroatoms. The summed E-state index contributed by atoms with van der Waals surface area (Å²) in [5, 5.41) is 4.06. The Hall–Kier alpha value is -4.24. The van der Waals surface area contributed by atoms with Crippen LogP contribution in [0.2, 0.25) is 0 Å². The topological polar surface area (TPSA) is 83.8 Å². The van der Waals surface area contributed by atoms with Crippen LogP contribution in [-0.4, -0.2) is 31.7 Å². The highest BCUT2D eigenvalue weighted by molar-refractivity contribution is 7.92. The van der Waals surface area contributed by atoms with E-state index in [-0.39, 0.29) is 10.7 Å². The van der Waals surface area contributed by atoms with Gasteiger partial charge in [0.15, 0.2) is 0 Å². The molecule has 4 aromatic rings. The number of aromatic nitrogens is 1. The van der Waals surface area contributed by atoms with Crippen LogP contribution in [-0.2, 0) is 14.8 Å². The van der Waals surface area contributed by atoms with Crippen LogP contribution in [0.5, 0.6) is 0 Å². The Labute approximate surface area is 215 Å². The number of rotatable bonds is 8. The molecule has 0 unspecified atom stereocenters. The van der Waals surface area contributed by atoms with Gasteiger partial charge in [0.2, 0.25) is 0 Å². The van der Waals surface area contributed by atoms with Gasteiger partial charge in [-0.05, 0) is 80.9 Å². The van der Waals surface area contributed by atoms with Gasteiger partial charge in [0.1, 0.15) is 12.4 Å². The van der Waals surface area contributed by atoms with Gasteiger partial charge >= 0.3 is 0 Å². The summed E-state index contributed by atoms with van der Waals surface area (Å²) in [6.45, 7) is 5.21. The molecule has 4 rings (SSSR count). The molecule has 0 fully saturated rings. The van der Waals surface area contributed by atoms with Gasteiger partial charge in [-0.1, -0.05) is 30.3 Å². The summed E-state index contributed by atoms with van der Waals surface area (Å²) in [6, 6.07) is 23.0. The lowest BCUT2D eigenvalue weighted by atomic mass is 10.2. The molecule has 0 atom stereocenters. The number of carbonyl (C=O) groups is 1. The third-order valence-corrected chi connectivity index (χ3v) is 7.64. The summed E-state index contributed by atoms with van der Waals surface area (Å²) < 4.78 is 43.1. The van der Waals surface area contributed by atoms with Gasteiger partial charge < -0.3 is 4.57 Å². The van der Waals surface area contributed by atoms with Crippen LogP contribution in [0.1, 0.15) is 22.5 Å². The van der Waals surface area contributed by atoms with Crippen LogP contribution in [0.4, 0.5) is 10.1 Å². The zero-order valence-electron chi connectivity index (χ0n) is 20.7. The normalized spacial score (nSPS) is 11.6. The van der Waals surface area contributed by atoms with Gasteiger partial charge in [0.05, 0.1) is 16.8 Å². The lowest BCUT2D eigenvalue weighted by molar-refractivity contribution is -0.119. The number of anilines is 1. The molecule has 37 heavy (non-hydrogen) atoms. The van der Waals surface area contributed by atoms with E-state index in [0.717, 1.165) is 32.5 Å². The number of halogens is 1. The number of hydrogen-bond donors (Lipinski definition) is 1. The Bertz CT molecular complexity index is 1550. The van der Waals surface area contributed by atoms with Crippen LogP contribution >= 0.6 is 0 Å². The van der Waals surface area contributed by atoms with E-state index in [4.69, 9.17) is 0 Å². The molecule has 1 aromatic heterocycles. The standard InChI is InChI=1S/C28H27FN4O3S/c1-20-8-7-9-26(16-20)32(37(35,36)27-10-5-4-6-11-27)19-28(34)31-30-18-23-17-21(2)33(22(23)3)25-14-12-24(29)13-15-25/h4-18H,19H2,1-3H3,(H,31,34)/b30-18-. The number of amides is 1. The van der Waals surface area contributed by atoms with E-state index in [1.165, 1.54) is 30.5 Å². The molecule has 1 heterocycles. The minimum absolute atomic E-state index is 0.0843. The molecule has 0 aliphatic carbocycles. The molecule has 0 spiro atoms. The highest BCUT2D eigenvalue weighted by Crippen LogP contribution is 2.24. The molecule has 7 nitrogen and oxygen atoms in total. The van der Waals surface area contributed by atoms with E-state index in [1.54, 1.807) is 48.5 Å². The first kappa shape index (κ1) is 25.8. The van der Waals surface area contributed by atoms with Gasteiger partial charge in [-0.3, -0.25) is 9.10 Å². The molecule has 0 aliphatic heterocycles. The SMILES string of the molecule is Cc1cccc(N(CC(=O)N/N=C\c2cc(C)n(-c3ccc(F)cc3)c2C)S(=O)(=O)c2ccccc2)c1. The average Bonchev–Trinajstić information content (AvgIpc) is 3.16. The monoisotopic (exact) mass is 518 g/mol. The van der Waals surface area contributed by atoms with Crippen molar-refractivity contribution < 1.29 is 17.6 Å². The molecule has 190 valence electrons. The van der Waals surface area contributed by atoms with Crippen molar-refractivity contribution in [3.63, 3.8) is 0 Å². The Morgan fingerprint density at radius 3 is 2.35 bits per heavy atom. The fourth-order valence-electron chi connectivity index (χ4n) is 4.06. The maximum Gasteiger partial charge on any atom is 0.264 e. The summed E-state index contributed by atoms with van der Waals surface area (Å²) >= 11 is 0. The Morgan fingerprint density at radius 2 is 1.68 bits per heavy atom. The van der Waals surface area contributed by atoms with Crippen molar-refractivity contribution in [2.24, 2.45) is 5.10 Å². The first-order valence-corrected chi connectivity index (χ1v) is 13.0. The maximum absolute atomic E-state index is 13.4.